The van der Waals surface area contributed by atoms with Crippen LogP contribution in [-0.4, -0.2) is 36.1 Å². The van der Waals surface area contributed by atoms with Crippen molar-refractivity contribution in [3.8, 4) is 5.69 Å². The fraction of sp³-hybridized carbons (Fsp3) is 0.423. The normalized spacial score (nSPS) is 15.6. The lowest BCUT2D eigenvalue weighted by Crippen LogP contribution is -2.45. The third-order valence-corrected chi connectivity index (χ3v) is 7.39. The van der Waals surface area contributed by atoms with Crippen LogP contribution in [0.5, 0.6) is 0 Å². The Hall–Kier alpha value is -4.16. The van der Waals surface area contributed by atoms with Gasteiger partial charge in [-0.15, -0.1) is 0 Å². The number of hydrogen-bond acceptors (Lipinski definition) is 7. The first-order valence-corrected chi connectivity index (χ1v) is 12.5. The highest BCUT2D eigenvalue weighted by molar-refractivity contribution is 5.91. The molecule has 0 spiro atoms. The Balaban J connectivity index is 1.34. The van der Waals surface area contributed by atoms with E-state index in [0.717, 1.165) is 6.07 Å². The predicted molar refractivity (Wildman–Crippen MR) is 137 cm³/mol. The molecule has 1 aliphatic carbocycles. The molecule has 1 aromatic carbocycles. The molecule has 0 aliphatic heterocycles. The molecule has 10 nitrogen and oxygen atoms in total. The van der Waals surface area contributed by atoms with Gasteiger partial charge in [0.15, 0.2) is 11.5 Å². The van der Waals surface area contributed by atoms with E-state index < -0.39 is 28.8 Å². The van der Waals surface area contributed by atoms with Crippen molar-refractivity contribution in [2.24, 2.45) is 5.92 Å². The Morgan fingerprint density at radius 1 is 1.26 bits per heavy atom. The third-order valence-electron chi connectivity index (χ3n) is 7.39. The number of fused-ring (bicyclic) bond motifs is 1. The summed E-state index contributed by atoms with van der Waals surface area (Å²) < 4.78 is 49.7. The van der Waals surface area contributed by atoms with Gasteiger partial charge < -0.3 is 10.3 Å². The van der Waals surface area contributed by atoms with Crippen LogP contribution in [0.2, 0.25) is 0 Å². The maximum absolute atomic E-state index is 15.1. The number of nitrogens with two attached hydrogens (primary N) is 1. The topological polar surface area (TPSA) is 134 Å². The quantitative estimate of drug-likeness (QED) is 0.353. The molecule has 39 heavy (non-hydrogen) atoms. The minimum atomic E-state index is -2.66. The average molecular weight is 544 g/mol. The van der Waals surface area contributed by atoms with Crippen LogP contribution in [0.15, 0.2) is 39.9 Å². The lowest BCUT2D eigenvalue weighted by Gasteiger charge is -2.44. The highest BCUT2D eigenvalue weighted by Crippen LogP contribution is 2.51. The van der Waals surface area contributed by atoms with Crippen molar-refractivity contribution in [2.45, 2.75) is 64.3 Å². The maximum atomic E-state index is 15.1. The second-order valence-corrected chi connectivity index (χ2v) is 10.8. The van der Waals surface area contributed by atoms with E-state index >= 15 is 4.39 Å². The number of alkyl halides is 2. The summed E-state index contributed by atoms with van der Waals surface area (Å²) in [4.78, 5) is 34.0. The molecule has 0 saturated heterocycles. The van der Waals surface area contributed by atoms with Crippen LogP contribution in [-0.2, 0) is 16.6 Å². The number of amides is 1. The van der Waals surface area contributed by atoms with Crippen LogP contribution < -0.4 is 16.7 Å². The SMILES string of the molecule is CC(C)n1c(=O)n(-c2ccc(CC(=O)Nc3cc(C(C)(C)C4CC(F)(F)C4)no3)c(F)c2)c2c(N)ncnc21. The largest absolute Gasteiger partial charge is 0.382 e. The van der Waals surface area contributed by atoms with Crippen molar-refractivity contribution in [1.29, 1.82) is 0 Å². The Bertz CT molecular complexity index is 1630. The molecule has 3 N–H and O–H groups in total. The number of nitrogen functional groups attached to an aromatic ring is 1. The molecule has 3 heterocycles. The minimum absolute atomic E-state index is 0.0368. The fourth-order valence-electron chi connectivity index (χ4n) is 4.96. The summed E-state index contributed by atoms with van der Waals surface area (Å²) in [7, 11) is 0. The summed E-state index contributed by atoms with van der Waals surface area (Å²) >= 11 is 0. The zero-order valence-electron chi connectivity index (χ0n) is 21.8. The number of hydrogen-bond donors (Lipinski definition) is 2. The van der Waals surface area contributed by atoms with E-state index in [9.17, 15) is 18.4 Å². The van der Waals surface area contributed by atoms with Gasteiger partial charge in [0.25, 0.3) is 0 Å². The van der Waals surface area contributed by atoms with Crippen molar-refractivity contribution in [3.05, 3.63) is 58.2 Å². The van der Waals surface area contributed by atoms with E-state index in [2.05, 4.69) is 20.4 Å². The fourth-order valence-corrected chi connectivity index (χ4v) is 4.96. The highest BCUT2D eigenvalue weighted by atomic mass is 19.3. The number of carbonyl (C=O) groups excluding carboxylic acids is 1. The number of rotatable bonds is 7. The van der Waals surface area contributed by atoms with Gasteiger partial charge in [-0.05, 0) is 37.5 Å². The van der Waals surface area contributed by atoms with E-state index in [1.54, 1.807) is 13.8 Å². The molecule has 0 bridgehead atoms. The van der Waals surface area contributed by atoms with Crippen LogP contribution in [0.1, 0.15) is 57.8 Å². The van der Waals surface area contributed by atoms with Gasteiger partial charge in [-0.2, -0.15) is 0 Å². The smallest absolute Gasteiger partial charge is 0.335 e. The molecular weight excluding hydrogens is 515 g/mol. The zero-order chi connectivity index (χ0) is 28.3. The Labute approximate surface area is 221 Å². The van der Waals surface area contributed by atoms with Crippen molar-refractivity contribution in [2.75, 3.05) is 11.1 Å². The molecule has 5 rings (SSSR count). The predicted octanol–water partition coefficient (Wildman–Crippen LogP) is 4.38. The van der Waals surface area contributed by atoms with Gasteiger partial charge in [-0.1, -0.05) is 25.1 Å². The summed E-state index contributed by atoms with van der Waals surface area (Å²) in [6.45, 7) is 7.24. The number of aromatic nitrogens is 5. The number of imidazole rings is 1. The highest BCUT2D eigenvalue weighted by Gasteiger charge is 2.52. The molecule has 0 unspecified atom stereocenters. The monoisotopic (exact) mass is 543 g/mol. The molecule has 0 radical (unpaired) electrons. The number of carbonyl (C=O) groups is 1. The standard InChI is InChI=1S/C26H28F3N7O3/c1-13(2)35-23-21(22(30)31-12-32-23)36(24(35)38)16-6-5-14(17(27)8-16)7-19(37)33-20-9-18(34-39-20)25(3,4)15-10-26(28,29)11-15/h5-6,8-9,12-13,15H,7,10-11H2,1-4H3,(H,33,37)(H2,30,31,32). The second kappa shape index (κ2) is 9.24. The third kappa shape index (κ3) is 4.66. The number of anilines is 2. The Morgan fingerprint density at radius 3 is 2.62 bits per heavy atom. The van der Waals surface area contributed by atoms with Gasteiger partial charge in [0.2, 0.25) is 17.7 Å². The van der Waals surface area contributed by atoms with E-state index in [4.69, 9.17) is 10.3 Å². The Morgan fingerprint density at radius 2 is 1.97 bits per heavy atom. The van der Waals surface area contributed by atoms with E-state index in [1.165, 1.54) is 33.7 Å². The van der Waals surface area contributed by atoms with Gasteiger partial charge in [0.1, 0.15) is 17.7 Å². The van der Waals surface area contributed by atoms with Crippen molar-refractivity contribution in [1.82, 2.24) is 24.3 Å². The van der Waals surface area contributed by atoms with E-state index in [-0.39, 0.29) is 59.7 Å². The van der Waals surface area contributed by atoms with Crippen molar-refractivity contribution in [3.63, 3.8) is 0 Å². The molecule has 13 heteroatoms. The van der Waals surface area contributed by atoms with E-state index in [1.807, 2.05) is 13.8 Å². The van der Waals surface area contributed by atoms with Gasteiger partial charge >= 0.3 is 5.69 Å². The Kier molecular flexibility index (Phi) is 6.27. The molecule has 1 fully saturated rings. The first-order chi connectivity index (χ1) is 18.3. The minimum Gasteiger partial charge on any atom is -0.382 e. The van der Waals surface area contributed by atoms with Gasteiger partial charge in [-0.3, -0.25) is 19.2 Å². The summed E-state index contributed by atoms with van der Waals surface area (Å²) in [6, 6.07) is 5.31. The number of halogens is 3. The number of nitrogens with one attached hydrogen (secondary N) is 1. The molecule has 206 valence electrons. The zero-order valence-corrected chi connectivity index (χ0v) is 21.8. The van der Waals surface area contributed by atoms with Crippen LogP contribution in [0.25, 0.3) is 16.9 Å². The van der Waals surface area contributed by atoms with Crippen LogP contribution >= 0.6 is 0 Å². The molecule has 4 aromatic rings. The van der Waals surface area contributed by atoms with Crippen molar-refractivity contribution >= 4 is 28.8 Å². The maximum Gasteiger partial charge on any atom is 0.335 e. The van der Waals surface area contributed by atoms with Crippen LogP contribution in [0, 0.1) is 11.7 Å². The van der Waals surface area contributed by atoms with Gasteiger partial charge in [-0.25, -0.2) is 27.9 Å². The van der Waals surface area contributed by atoms with Crippen molar-refractivity contribution < 1.29 is 22.5 Å². The van der Waals surface area contributed by atoms with Gasteiger partial charge in [0, 0.05) is 30.4 Å². The second-order valence-electron chi connectivity index (χ2n) is 10.8. The number of benzene rings is 1. The molecule has 3 aromatic heterocycles. The molecule has 1 aliphatic rings. The number of nitrogens with zero attached hydrogens (tertiary/aromatic N) is 5. The summed E-state index contributed by atoms with van der Waals surface area (Å²) in [5.41, 5.74) is 6.24. The van der Waals surface area contributed by atoms with Crippen LogP contribution in [0.3, 0.4) is 0 Å². The lowest BCUT2D eigenvalue weighted by molar-refractivity contribution is -0.129. The summed E-state index contributed by atoms with van der Waals surface area (Å²) in [5.74, 6) is -4.10. The first kappa shape index (κ1) is 26.4. The van der Waals surface area contributed by atoms with E-state index in [0.29, 0.717) is 11.3 Å². The first-order valence-electron chi connectivity index (χ1n) is 12.5. The average Bonchev–Trinajstić information content (AvgIpc) is 3.42. The molecule has 1 amide bonds. The summed E-state index contributed by atoms with van der Waals surface area (Å²) in [5, 5.41) is 6.48. The van der Waals surface area contributed by atoms with Gasteiger partial charge in [0.05, 0.1) is 17.8 Å². The molecule has 0 atom stereocenters. The lowest BCUT2D eigenvalue weighted by atomic mass is 9.64. The summed E-state index contributed by atoms with van der Waals surface area (Å²) in [6.07, 6.45) is 0.475. The van der Waals surface area contributed by atoms with Crippen LogP contribution in [0.4, 0.5) is 24.9 Å². The molecule has 1 saturated carbocycles. The molecular formula is C26H28F3N7O3.